The molecule has 8 nitrogen and oxygen atoms in total. The van der Waals surface area contributed by atoms with Crippen molar-refractivity contribution in [2.45, 2.75) is 19.4 Å². The zero-order valence-corrected chi connectivity index (χ0v) is 15.1. The zero-order valence-electron chi connectivity index (χ0n) is 15.1. The van der Waals surface area contributed by atoms with E-state index in [0.29, 0.717) is 36.4 Å². The normalized spacial score (nSPS) is 14.4. The lowest BCUT2D eigenvalue weighted by Crippen LogP contribution is -2.44. The van der Waals surface area contributed by atoms with Crippen molar-refractivity contribution in [1.29, 1.82) is 0 Å². The maximum atomic E-state index is 13.2. The molecular weight excluding hydrogens is 361 g/mol. The Hall–Kier alpha value is -3.62. The number of aromatic nitrogens is 4. The Labute approximate surface area is 160 Å². The van der Waals surface area contributed by atoms with Crippen LogP contribution in [0.1, 0.15) is 24.9 Å². The number of anilines is 4. The van der Waals surface area contributed by atoms with Crippen LogP contribution in [0.2, 0.25) is 0 Å². The number of carbonyl (C=O) groups excluding carboxylic acids is 1. The standard InChI is InChI=1S/C19H18FN7O/c1-12(13-2-4-14(20)5-3-13)23-19-25-15(24-16-11-21-7-8-22-16)10-17(26-19)27-9-6-18(27)28/h2-5,7-8,10-12H,6,9H2,1H3,(H2,22,23,24,25,26). The SMILES string of the molecule is CC(Nc1nc(Nc2cnccn2)cc(N2CCC2=O)n1)c1ccc(F)cc1. The second-order valence-electron chi connectivity index (χ2n) is 6.36. The van der Waals surface area contributed by atoms with Gasteiger partial charge in [0.1, 0.15) is 23.3 Å². The molecule has 1 atom stereocenters. The van der Waals surface area contributed by atoms with E-state index in [-0.39, 0.29) is 17.8 Å². The summed E-state index contributed by atoms with van der Waals surface area (Å²) in [6, 6.07) is 7.75. The van der Waals surface area contributed by atoms with Crippen LogP contribution < -0.4 is 15.5 Å². The molecule has 1 aromatic carbocycles. The molecule has 1 aliphatic heterocycles. The van der Waals surface area contributed by atoms with Gasteiger partial charge in [0.15, 0.2) is 0 Å². The minimum Gasteiger partial charge on any atom is -0.348 e. The number of halogens is 1. The molecule has 3 heterocycles. The van der Waals surface area contributed by atoms with Gasteiger partial charge >= 0.3 is 0 Å². The van der Waals surface area contributed by atoms with Crippen LogP contribution in [0.5, 0.6) is 0 Å². The van der Waals surface area contributed by atoms with Crippen LogP contribution in [-0.4, -0.2) is 32.4 Å². The molecule has 0 spiro atoms. The maximum Gasteiger partial charge on any atom is 0.229 e. The minimum absolute atomic E-state index is 0.0154. The molecule has 2 N–H and O–H groups in total. The summed E-state index contributed by atoms with van der Waals surface area (Å²) < 4.78 is 13.2. The minimum atomic E-state index is -0.291. The second kappa shape index (κ2) is 7.55. The lowest BCUT2D eigenvalue weighted by Gasteiger charge is -2.30. The molecule has 9 heteroatoms. The van der Waals surface area contributed by atoms with Gasteiger partial charge in [-0.2, -0.15) is 9.97 Å². The zero-order chi connectivity index (χ0) is 19.5. The molecule has 3 aromatic rings. The lowest BCUT2D eigenvalue weighted by molar-refractivity contribution is -0.122. The molecule has 1 fully saturated rings. The Morgan fingerprint density at radius 1 is 1.14 bits per heavy atom. The highest BCUT2D eigenvalue weighted by Gasteiger charge is 2.27. The van der Waals surface area contributed by atoms with Gasteiger partial charge in [0.25, 0.3) is 0 Å². The number of nitrogens with zero attached hydrogens (tertiary/aromatic N) is 5. The highest BCUT2D eigenvalue weighted by molar-refractivity contribution is 5.98. The van der Waals surface area contributed by atoms with E-state index in [1.807, 2.05) is 6.92 Å². The van der Waals surface area contributed by atoms with Crippen molar-refractivity contribution in [2.75, 3.05) is 22.1 Å². The summed E-state index contributed by atoms with van der Waals surface area (Å²) in [5.74, 6) is 1.59. The summed E-state index contributed by atoms with van der Waals surface area (Å²) in [6.45, 7) is 2.54. The van der Waals surface area contributed by atoms with Crippen molar-refractivity contribution in [3.05, 3.63) is 60.3 Å². The summed E-state index contributed by atoms with van der Waals surface area (Å²) in [5, 5.41) is 6.27. The molecule has 0 aliphatic carbocycles. The monoisotopic (exact) mass is 379 g/mol. The Morgan fingerprint density at radius 3 is 2.61 bits per heavy atom. The molecule has 0 saturated carbocycles. The topological polar surface area (TPSA) is 95.9 Å². The molecule has 28 heavy (non-hydrogen) atoms. The second-order valence-corrected chi connectivity index (χ2v) is 6.36. The van der Waals surface area contributed by atoms with Crippen LogP contribution in [-0.2, 0) is 4.79 Å². The fraction of sp³-hybridized carbons (Fsp3) is 0.211. The lowest BCUT2D eigenvalue weighted by atomic mass is 10.1. The number of hydrogen-bond donors (Lipinski definition) is 2. The van der Waals surface area contributed by atoms with Gasteiger partial charge in [0.05, 0.1) is 12.2 Å². The molecule has 1 unspecified atom stereocenters. The molecule has 2 aromatic heterocycles. The number of hydrogen-bond acceptors (Lipinski definition) is 7. The first-order chi connectivity index (χ1) is 13.6. The average molecular weight is 379 g/mol. The van der Waals surface area contributed by atoms with E-state index < -0.39 is 0 Å². The molecule has 142 valence electrons. The Morgan fingerprint density at radius 2 is 1.96 bits per heavy atom. The van der Waals surface area contributed by atoms with Gasteiger partial charge in [-0.3, -0.25) is 14.7 Å². The van der Waals surface area contributed by atoms with Crippen LogP contribution in [0.4, 0.5) is 27.8 Å². The van der Waals surface area contributed by atoms with Crippen LogP contribution in [0.15, 0.2) is 48.9 Å². The van der Waals surface area contributed by atoms with Gasteiger partial charge in [-0.15, -0.1) is 0 Å². The third kappa shape index (κ3) is 3.88. The first-order valence-corrected chi connectivity index (χ1v) is 8.83. The van der Waals surface area contributed by atoms with E-state index in [9.17, 15) is 9.18 Å². The fourth-order valence-corrected chi connectivity index (χ4v) is 2.78. The summed E-state index contributed by atoms with van der Waals surface area (Å²) >= 11 is 0. The number of benzene rings is 1. The largest absolute Gasteiger partial charge is 0.348 e. The van der Waals surface area contributed by atoms with Gasteiger partial charge in [-0.25, -0.2) is 9.37 Å². The fourth-order valence-electron chi connectivity index (χ4n) is 2.78. The summed E-state index contributed by atoms with van der Waals surface area (Å²) in [6.07, 6.45) is 5.22. The quantitative estimate of drug-likeness (QED) is 0.636. The Bertz CT molecular complexity index is 981. The summed E-state index contributed by atoms with van der Waals surface area (Å²) in [4.78, 5) is 30.6. The van der Waals surface area contributed by atoms with Crippen LogP contribution in [0, 0.1) is 5.82 Å². The third-order valence-electron chi connectivity index (χ3n) is 4.37. The van der Waals surface area contributed by atoms with Gasteiger partial charge in [-0.05, 0) is 24.6 Å². The third-order valence-corrected chi connectivity index (χ3v) is 4.37. The molecule has 0 radical (unpaired) electrons. The highest BCUT2D eigenvalue weighted by Crippen LogP contribution is 2.26. The van der Waals surface area contributed by atoms with E-state index in [4.69, 9.17) is 0 Å². The average Bonchev–Trinajstić information content (AvgIpc) is 2.68. The van der Waals surface area contributed by atoms with E-state index in [1.54, 1.807) is 41.7 Å². The highest BCUT2D eigenvalue weighted by atomic mass is 19.1. The van der Waals surface area contributed by atoms with E-state index in [0.717, 1.165) is 5.56 Å². The van der Waals surface area contributed by atoms with E-state index >= 15 is 0 Å². The number of carbonyl (C=O) groups is 1. The van der Waals surface area contributed by atoms with Crippen molar-refractivity contribution in [3.8, 4) is 0 Å². The van der Waals surface area contributed by atoms with Crippen molar-refractivity contribution >= 4 is 29.3 Å². The first kappa shape index (κ1) is 17.8. The summed E-state index contributed by atoms with van der Waals surface area (Å²) in [5.41, 5.74) is 0.888. The van der Waals surface area contributed by atoms with E-state index in [2.05, 4.69) is 30.6 Å². The molecule has 1 amide bonds. The molecule has 1 aliphatic rings. The van der Waals surface area contributed by atoms with Crippen molar-refractivity contribution in [2.24, 2.45) is 0 Å². The van der Waals surface area contributed by atoms with Crippen LogP contribution >= 0.6 is 0 Å². The maximum absolute atomic E-state index is 13.2. The Kier molecular flexibility index (Phi) is 4.79. The van der Waals surface area contributed by atoms with Crippen LogP contribution in [0.3, 0.4) is 0 Å². The van der Waals surface area contributed by atoms with Crippen LogP contribution in [0.25, 0.3) is 0 Å². The molecular formula is C19H18FN7O. The predicted octanol–water partition coefficient (Wildman–Crippen LogP) is 3.06. The predicted molar refractivity (Wildman–Crippen MR) is 103 cm³/mol. The smallest absolute Gasteiger partial charge is 0.229 e. The molecule has 1 saturated heterocycles. The van der Waals surface area contributed by atoms with Gasteiger partial charge in [-0.1, -0.05) is 12.1 Å². The van der Waals surface area contributed by atoms with E-state index in [1.165, 1.54) is 12.1 Å². The van der Waals surface area contributed by atoms with Crippen molar-refractivity contribution < 1.29 is 9.18 Å². The first-order valence-electron chi connectivity index (χ1n) is 8.83. The van der Waals surface area contributed by atoms with Crippen molar-refractivity contribution in [3.63, 3.8) is 0 Å². The number of nitrogens with one attached hydrogen (secondary N) is 2. The molecule has 4 rings (SSSR count). The van der Waals surface area contributed by atoms with Gasteiger partial charge in [0.2, 0.25) is 11.9 Å². The Balaban J connectivity index is 1.61. The number of amides is 1. The van der Waals surface area contributed by atoms with Crippen molar-refractivity contribution in [1.82, 2.24) is 19.9 Å². The summed E-state index contributed by atoms with van der Waals surface area (Å²) in [7, 11) is 0. The number of rotatable bonds is 6. The number of β-lactam (4-membered cyclic amide) rings is 1. The van der Waals surface area contributed by atoms with Gasteiger partial charge < -0.3 is 10.6 Å². The van der Waals surface area contributed by atoms with Gasteiger partial charge in [0, 0.05) is 31.4 Å². The molecule has 0 bridgehead atoms.